The minimum absolute atomic E-state index is 0.652. The van der Waals surface area contributed by atoms with E-state index in [2.05, 4.69) is 269 Å². The fraction of sp³-hybridized carbons (Fsp3) is 0. The Morgan fingerprint density at radius 3 is 1.29 bits per heavy atom. The summed E-state index contributed by atoms with van der Waals surface area (Å²) >= 11 is 0. The number of fused-ring (bicyclic) bond motifs is 7. The smallest absolute Gasteiger partial charge is 0.160 e. The highest BCUT2D eigenvalue weighted by Gasteiger charge is 2.25. The quantitative estimate of drug-likeness (QED) is 0.128. The van der Waals surface area contributed by atoms with Crippen LogP contribution in [-0.4, -0.2) is 23.7 Å². The van der Waals surface area contributed by atoms with E-state index in [1.54, 1.807) is 0 Å². The van der Waals surface area contributed by atoms with Crippen molar-refractivity contribution >= 4 is 60.6 Å². The van der Waals surface area contributed by atoms with Crippen LogP contribution < -0.4 is 0 Å². The van der Waals surface area contributed by atoms with Gasteiger partial charge in [0.2, 0.25) is 0 Å². The number of allylic oxidation sites excluding steroid dienone is 2. The Hall–Kier alpha value is -10.1. The minimum Gasteiger partial charge on any atom is -0.310 e. The van der Waals surface area contributed by atoms with E-state index >= 15 is 0 Å². The van der Waals surface area contributed by atoms with Gasteiger partial charge in [-0.1, -0.05) is 195 Å². The molecule has 0 atom stereocenters. The maximum Gasteiger partial charge on any atom is 0.160 e. The van der Waals surface area contributed by atoms with E-state index in [1.165, 1.54) is 27.2 Å². The number of benzene rings is 10. The first-order valence-corrected chi connectivity index (χ1v) is 25.4. The summed E-state index contributed by atoms with van der Waals surface area (Å²) in [6.45, 7) is 4.01. The van der Waals surface area contributed by atoms with Crippen molar-refractivity contribution in [3.05, 3.63) is 279 Å². The summed E-state index contributed by atoms with van der Waals surface area (Å²) in [4.78, 5) is 10.8. The lowest BCUT2D eigenvalue weighted by Crippen LogP contribution is -2.03. The fourth-order valence-electron chi connectivity index (χ4n) is 11.2. The number of rotatable bonds is 10. The molecule has 4 heterocycles. The summed E-state index contributed by atoms with van der Waals surface area (Å²) in [6, 6.07) is 91.4. The summed E-state index contributed by atoms with van der Waals surface area (Å²) in [6.07, 6.45) is 5.99. The number of aromatic nitrogens is 5. The molecule has 0 spiro atoms. The molecule has 75 heavy (non-hydrogen) atoms. The molecule has 0 aliphatic rings. The van der Waals surface area contributed by atoms with Gasteiger partial charge in [-0.05, 0) is 96.1 Å². The van der Waals surface area contributed by atoms with Crippen molar-refractivity contribution in [2.24, 2.45) is 0 Å². The summed E-state index contributed by atoms with van der Waals surface area (Å²) < 4.78 is 7.28. The van der Waals surface area contributed by atoms with Crippen LogP contribution >= 0.6 is 0 Å². The predicted molar refractivity (Wildman–Crippen MR) is 314 cm³/mol. The fourth-order valence-corrected chi connectivity index (χ4v) is 11.2. The Morgan fingerprint density at radius 1 is 0.333 bits per heavy atom. The zero-order chi connectivity index (χ0) is 49.8. The Labute approximate surface area is 434 Å². The maximum absolute atomic E-state index is 5.39. The second kappa shape index (κ2) is 18.2. The topological polar surface area (TPSA) is 40.6 Å². The Bertz CT molecular complexity index is 4350. The molecule has 5 heteroatoms. The molecule has 4 aromatic heterocycles. The predicted octanol–water partition coefficient (Wildman–Crippen LogP) is 18.1. The van der Waals surface area contributed by atoms with Crippen molar-refractivity contribution in [1.29, 1.82) is 0 Å². The second-order valence-electron chi connectivity index (χ2n) is 19.0. The van der Waals surface area contributed by atoms with Crippen LogP contribution in [0.4, 0.5) is 0 Å². The highest BCUT2D eigenvalue weighted by molar-refractivity contribution is 6.14. The first kappa shape index (κ1) is 43.7. The summed E-state index contributed by atoms with van der Waals surface area (Å²) in [7, 11) is 0. The molecule has 14 aromatic rings. The molecule has 0 amide bonds. The van der Waals surface area contributed by atoms with Crippen molar-refractivity contribution in [3.63, 3.8) is 0 Å². The van der Waals surface area contributed by atoms with Crippen LogP contribution in [0, 0.1) is 0 Å². The van der Waals surface area contributed by atoms with Gasteiger partial charge in [-0.15, -0.1) is 0 Å². The van der Waals surface area contributed by atoms with Crippen LogP contribution in [0.1, 0.15) is 5.69 Å². The van der Waals surface area contributed by atoms with Crippen LogP contribution in [0.25, 0.3) is 134 Å². The lowest BCUT2D eigenvalue weighted by atomic mass is 9.92. The third kappa shape index (κ3) is 7.48. The van der Waals surface area contributed by atoms with Crippen LogP contribution in [0.5, 0.6) is 0 Å². The van der Waals surface area contributed by atoms with Crippen LogP contribution in [0.3, 0.4) is 0 Å². The number of hydrogen-bond donors (Lipinski definition) is 0. The molecule has 0 bridgehead atoms. The molecular formula is C70H47N5. The van der Waals surface area contributed by atoms with Crippen molar-refractivity contribution in [2.45, 2.75) is 0 Å². The lowest BCUT2D eigenvalue weighted by Gasteiger charge is -2.21. The second-order valence-corrected chi connectivity index (χ2v) is 19.0. The van der Waals surface area contributed by atoms with Gasteiger partial charge in [0.25, 0.3) is 0 Å². The number of hydrogen-bond acceptors (Lipinski definition) is 2. The highest BCUT2D eigenvalue weighted by Crippen LogP contribution is 2.45. The normalized spacial score (nSPS) is 11.7. The van der Waals surface area contributed by atoms with Gasteiger partial charge in [0.15, 0.2) is 5.82 Å². The molecule has 352 valence electrons. The first-order valence-electron chi connectivity index (χ1n) is 25.4. The van der Waals surface area contributed by atoms with Crippen LogP contribution in [0.2, 0.25) is 0 Å². The number of para-hydroxylation sites is 3. The molecule has 0 saturated heterocycles. The van der Waals surface area contributed by atoms with Crippen molar-refractivity contribution in [1.82, 2.24) is 23.7 Å². The van der Waals surface area contributed by atoms with Gasteiger partial charge >= 0.3 is 0 Å². The monoisotopic (exact) mass is 957 g/mol. The van der Waals surface area contributed by atoms with Crippen LogP contribution in [-0.2, 0) is 0 Å². The minimum atomic E-state index is 0.652. The Balaban J connectivity index is 1.09. The molecular weight excluding hydrogens is 911 g/mol. The zero-order valence-corrected chi connectivity index (χ0v) is 40.9. The van der Waals surface area contributed by atoms with E-state index in [-0.39, 0.29) is 0 Å². The largest absolute Gasteiger partial charge is 0.310 e. The summed E-state index contributed by atoms with van der Waals surface area (Å²) in [5, 5.41) is 5.90. The van der Waals surface area contributed by atoms with Gasteiger partial charge in [-0.3, -0.25) is 0 Å². The maximum atomic E-state index is 5.39. The molecule has 10 aromatic carbocycles. The van der Waals surface area contributed by atoms with Gasteiger partial charge in [-0.2, -0.15) is 0 Å². The molecule has 0 unspecified atom stereocenters. The standard InChI is InChI=1S/C70H47N5/c1-2-3-31-53-41-51-30-16-19-34-64(51)73(53)54-37-39-67-60(44-54)61-45-55(74-65-35-20-17-32-56(65)57-33-18-21-36-66(57)74)38-40-68(61)75(67)69-58(47-22-8-4-9-23-47)42-52(43-59(69)48-24-10-5-11-25-48)70-71-62(49-26-12-6-13-27-49)46-63(72-70)50-28-14-7-15-29-50/h2-46H,1H2/b31-3-. The van der Waals surface area contributed by atoms with Gasteiger partial charge < -0.3 is 13.7 Å². The van der Waals surface area contributed by atoms with Crippen molar-refractivity contribution in [2.75, 3.05) is 0 Å². The lowest BCUT2D eigenvalue weighted by molar-refractivity contribution is 1.11. The van der Waals surface area contributed by atoms with Gasteiger partial charge in [0, 0.05) is 71.8 Å². The summed E-state index contributed by atoms with van der Waals surface area (Å²) in [5.74, 6) is 0.652. The number of nitrogens with zero attached hydrogens (tertiary/aromatic N) is 5. The average Bonchev–Trinajstić information content (AvgIpc) is 4.15. The summed E-state index contributed by atoms with van der Waals surface area (Å²) in [5.41, 5.74) is 18.9. The molecule has 0 aliphatic heterocycles. The van der Waals surface area contributed by atoms with E-state index in [9.17, 15) is 0 Å². The van der Waals surface area contributed by atoms with E-state index in [0.717, 1.165) is 100 Å². The molecule has 14 rings (SSSR count). The third-order valence-corrected chi connectivity index (χ3v) is 14.6. The van der Waals surface area contributed by atoms with Crippen LogP contribution in [0.15, 0.2) is 274 Å². The average molecular weight is 958 g/mol. The Kier molecular flexibility index (Phi) is 10.6. The molecule has 0 N–H and O–H groups in total. The molecule has 0 fully saturated rings. The molecule has 0 aliphatic carbocycles. The van der Waals surface area contributed by atoms with E-state index < -0.39 is 0 Å². The van der Waals surface area contributed by atoms with E-state index in [0.29, 0.717) is 5.82 Å². The third-order valence-electron chi connectivity index (χ3n) is 14.6. The SMILES string of the molecule is C=C/C=C\c1cc2ccccc2n1-c1ccc2c(c1)c1cc(-n3c4ccccc4c4ccccc43)ccc1n2-c1c(-c2ccccc2)cc(-c2nc(-c3ccccc3)cc(-c3ccccc3)n2)cc1-c1ccccc1. The highest BCUT2D eigenvalue weighted by atomic mass is 15.0. The van der Waals surface area contributed by atoms with Gasteiger partial charge in [0.05, 0.1) is 44.7 Å². The van der Waals surface area contributed by atoms with Crippen molar-refractivity contribution < 1.29 is 0 Å². The van der Waals surface area contributed by atoms with E-state index in [1.807, 2.05) is 24.3 Å². The zero-order valence-electron chi connectivity index (χ0n) is 40.9. The van der Waals surface area contributed by atoms with Gasteiger partial charge in [-0.25, -0.2) is 9.97 Å². The first-order chi connectivity index (χ1) is 37.2. The van der Waals surface area contributed by atoms with Gasteiger partial charge in [0.1, 0.15) is 0 Å². The molecule has 0 radical (unpaired) electrons. The molecule has 0 saturated carbocycles. The van der Waals surface area contributed by atoms with E-state index in [4.69, 9.17) is 9.97 Å². The Morgan fingerprint density at radius 2 is 0.773 bits per heavy atom. The molecule has 5 nitrogen and oxygen atoms in total. The van der Waals surface area contributed by atoms with Crippen molar-refractivity contribution in [3.8, 4) is 73.2 Å².